The topological polar surface area (TPSA) is 65.1 Å². The number of urea groups is 1. The van der Waals surface area contributed by atoms with E-state index in [1.807, 2.05) is 53.4 Å². The fourth-order valence-corrected chi connectivity index (χ4v) is 4.94. The Morgan fingerprint density at radius 2 is 1.71 bits per heavy atom. The van der Waals surface area contributed by atoms with Gasteiger partial charge in [0.1, 0.15) is 5.75 Å². The van der Waals surface area contributed by atoms with Crippen LogP contribution in [0.15, 0.2) is 67.3 Å². The van der Waals surface area contributed by atoms with Crippen LogP contribution in [0.5, 0.6) is 5.75 Å². The number of piperazine rings is 1. The first-order valence-electron chi connectivity index (χ1n) is 11.9. The molecule has 180 valence electrons. The molecule has 7 heteroatoms. The summed E-state index contributed by atoms with van der Waals surface area (Å²) in [5, 5.41) is 2.98. The van der Waals surface area contributed by atoms with Gasteiger partial charge in [-0.2, -0.15) is 0 Å². The van der Waals surface area contributed by atoms with Crippen LogP contribution in [0, 0.1) is 5.92 Å². The van der Waals surface area contributed by atoms with Gasteiger partial charge in [0, 0.05) is 51.7 Å². The second kappa shape index (κ2) is 11.2. The van der Waals surface area contributed by atoms with Crippen LogP contribution in [0.4, 0.5) is 10.5 Å². The Balaban J connectivity index is 1.50. The molecule has 0 aliphatic carbocycles. The van der Waals surface area contributed by atoms with Gasteiger partial charge in [0.2, 0.25) is 5.91 Å². The number of hydrogen-bond donors (Lipinski definition) is 1. The monoisotopic (exact) mass is 462 g/mol. The minimum Gasteiger partial charge on any atom is -0.495 e. The summed E-state index contributed by atoms with van der Waals surface area (Å²) in [5.74, 6) is 0.633. The highest BCUT2D eigenvalue weighted by Gasteiger charge is 2.37. The van der Waals surface area contributed by atoms with Gasteiger partial charge in [-0.3, -0.25) is 9.69 Å². The summed E-state index contributed by atoms with van der Waals surface area (Å²) in [6, 6.07) is 17.3. The molecule has 2 aliphatic heterocycles. The van der Waals surface area contributed by atoms with Gasteiger partial charge in [-0.15, -0.1) is 6.58 Å². The first-order valence-corrected chi connectivity index (χ1v) is 11.9. The molecule has 0 spiro atoms. The van der Waals surface area contributed by atoms with Gasteiger partial charge in [-0.05, 0) is 24.1 Å². The summed E-state index contributed by atoms with van der Waals surface area (Å²) in [5.41, 5.74) is 1.78. The van der Waals surface area contributed by atoms with Crippen LogP contribution >= 0.6 is 0 Å². The summed E-state index contributed by atoms with van der Waals surface area (Å²) in [4.78, 5) is 32.9. The van der Waals surface area contributed by atoms with Crippen molar-refractivity contribution in [2.24, 2.45) is 5.92 Å². The number of methoxy groups -OCH3 is 1. The summed E-state index contributed by atoms with van der Waals surface area (Å²) in [6.45, 7) is 8.77. The summed E-state index contributed by atoms with van der Waals surface area (Å²) >= 11 is 0. The van der Waals surface area contributed by atoms with Crippen molar-refractivity contribution >= 4 is 17.6 Å². The number of nitrogens with zero attached hydrogens (tertiary/aromatic N) is 3. The molecule has 34 heavy (non-hydrogen) atoms. The van der Waals surface area contributed by atoms with Gasteiger partial charge in [0.15, 0.2) is 0 Å². The first kappa shape index (κ1) is 23.8. The average Bonchev–Trinajstić information content (AvgIpc) is 2.89. The Morgan fingerprint density at radius 3 is 2.41 bits per heavy atom. The van der Waals surface area contributed by atoms with Crippen molar-refractivity contribution in [1.29, 1.82) is 0 Å². The first-order chi connectivity index (χ1) is 16.6. The molecule has 0 aromatic heterocycles. The number of piperidine rings is 1. The number of ether oxygens (including phenoxy) is 1. The van der Waals surface area contributed by atoms with Crippen molar-refractivity contribution in [2.75, 3.05) is 58.2 Å². The molecule has 4 rings (SSSR count). The van der Waals surface area contributed by atoms with Crippen molar-refractivity contribution in [3.8, 4) is 5.75 Å². The maximum atomic E-state index is 13.5. The van der Waals surface area contributed by atoms with Crippen LogP contribution in [0.1, 0.15) is 17.9 Å². The van der Waals surface area contributed by atoms with Gasteiger partial charge >= 0.3 is 6.03 Å². The SMILES string of the molecule is C=CCN1CCN(C(=O)C2CC(c3ccccc3)CN(C(=O)Nc3ccccc3OC)C2)CC1. The second-order valence-electron chi connectivity index (χ2n) is 8.99. The lowest BCUT2D eigenvalue weighted by atomic mass is 9.84. The van der Waals surface area contributed by atoms with E-state index in [1.54, 1.807) is 12.0 Å². The molecule has 0 radical (unpaired) electrons. The number of anilines is 1. The number of likely N-dealkylation sites (tertiary alicyclic amines) is 1. The van der Waals surface area contributed by atoms with E-state index in [0.29, 0.717) is 37.6 Å². The average molecular weight is 463 g/mol. The zero-order valence-electron chi connectivity index (χ0n) is 19.9. The maximum Gasteiger partial charge on any atom is 0.321 e. The standard InChI is InChI=1S/C27H34N4O3/c1-3-13-29-14-16-30(17-15-29)26(32)23-18-22(21-9-5-4-6-10-21)19-31(20-23)27(33)28-24-11-7-8-12-25(24)34-2/h3-12,22-23H,1,13-20H2,2H3,(H,28,33). The molecule has 1 N–H and O–H groups in total. The molecular formula is C27H34N4O3. The van der Waals surface area contributed by atoms with Crippen LogP contribution in [-0.4, -0.2) is 79.6 Å². The molecule has 2 saturated heterocycles. The predicted octanol–water partition coefficient (Wildman–Crippen LogP) is 3.66. The lowest BCUT2D eigenvalue weighted by molar-refractivity contribution is -0.138. The molecule has 3 amide bonds. The van der Waals surface area contributed by atoms with E-state index in [0.717, 1.165) is 31.6 Å². The zero-order valence-corrected chi connectivity index (χ0v) is 19.9. The van der Waals surface area contributed by atoms with Gasteiger partial charge in [0.05, 0.1) is 18.7 Å². The Bertz CT molecular complexity index is 988. The van der Waals surface area contributed by atoms with Gasteiger partial charge in [0.25, 0.3) is 0 Å². The molecule has 2 aromatic carbocycles. The van der Waals surface area contributed by atoms with E-state index in [-0.39, 0.29) is 23.8 Å². The number of hydrogen-bond acceptors (Lipinski definition) is 4. The van der Waals surface area contributed by atoms with Crippen LogP contribution < -0.4 is 10.1 Å². The third-order valence-electron chi connectivity index (χ3n) is 6.78. The summed E-state index contributed by atoms with van der Waals surface area (Å²) in [6.07, 6.45) is 2.65. The Morgan fingerprint density at radius 1 is 1.00 bits per heavy atom. The van der Waals surface area contributed by atoms with E-state index in [4.69, 9.17) is 4.74 Å². The Labute approximate surface area is 202 Å². The van der Waals surface area contributed by atoms with Crippen LogP contribution in [-0.2, 0) is 4.79 Å². The number of carbonyl (C=O) groups is 2. The second-order valence-corrected chi connectivity index (χ2v) is 8.99. The molecule has 2 fully saturated rings. The van der Waals surface area contributed by atoms with Crippen molar-refractivity contribution in [2.45, 2.75) is 12.3 Å². The number of amides is 3. The highest BCUT2D eigenvalue weighted by molar-refractivity contribution is 5.91. The molecule has 2 heterocycles. The van der Waals surface area contributed by atoms with Crippen LogP contribution in [0.2, 0.25) is 0 Å². The van der Waals surface area contributed by atoms with E-state index in [2.05, 4.69) is 28.9 Å². The van der Waals surface area contributed by atoms with Crippen molar-refractivity contribution in [1.82, 2.24) is 14.7 Å². The molecule has 0 bridgehead atoms. The van der Waals surface area contributed by atoms with E-state index in [9.17, 15) is 9.59 Å². The molecule has 2 aliphatic rings. The van der Waals surface area contributed by atoms with E-state index < -0.39 is 0 Å². The lowest BCUT2D eigenvalue weighted by Crippen LogP contribution is -2.54. The van der Waals surface area contributed by atoms with Crippen molar-refractivity contribution in [3.63, 3.8) is 0 Å². The van der Waals surface area contributed by atoms with Crippen LogP contribution in [0.3, 0.4) is 0 Å². The molecule has 0 saturated carbocycles. The maximum absolute atomic E-state index is 13.5. The lowest BCUT2D eigenvalue weighted by Gasteiger charge is -2.41. The fraction of sp³-hybridized carbons (Fsp3) is 0.407. The van der Waals surface area contributed by atoms with Gasteiger partial charge in [-0.25, -0.2) is 4.79 Å². The molecule has 2 atom stereocenters. The van der Waals surface area contributed by atoms with Crippen molar-refractivity contribution < 1.29 is 14.3 Å². The highest BCUT2D eigenvalue weighted by Crippen LogP contribution is 2.32. The third kappa shape index (κ3) is 5.59. The normalized spacial score (nSPS) is 21.1. The predicted molar refractivity (Wildman–Crippen MR) is 134 cm³/mol. The quantitative estimate of drug-likeness (QED) is 0.666. The van der Waals surface area contributed by atoms with Crippen molar-refractivity contribution in [3.05, 3.63) is 72.8 Å². The highest BCUT2D eigenvalue weighted by atomic mass is 16.5. The summed E-state index contributed by atoms with van der Waals surface area (Å²) < 4.78 is 5.38. The van der Waals surface area contributed by atoms with Gasteiger partial charge in [-0.1, -0.05) is 48.5 Å². The third-order valence-corrected chi connectivity index (χ3v) is 6.78. The smallest absolute Gasteiger partial charge is 0.321 e. The molecule has 7 nitrogen and oxygen atoms in total. The molecule has 2 unspecified atom stereocenters. The number of nitrogens with one attached hydrogen (secondary N) is 1. The number of carbonyl (C=O) groups excluding carboxylic acids is 2. The zero-order chi connectivity index (χ0) is 23.9. The fourth-order valence-electron chi connectivity index (χ4n) is 4.94. The van der Waals surface area contributed by atoms with Gasteiger partial charge < -0.3 is 19.9 Å². The largest absolute Gasteiger partial charge is 0.495 e. The Kier molecular flexibility index (Phi) is 7.85. The minimum atomic E-state index is -0.228. The molecule has 2 aromatic rings. The van der Waals surface area contributed by atoms with Crippen LogP contribution in [0.25, 0.3) is 0 Å². The minimum absolute atomic E-state index is 0.106. The molecular weight excluding hydrogens is 428 g/mol. The number of rotatable bonds is 6. The van der Waals surface area contributed by atoms with E-state index >= 15 is 0 Å². The number of para-hydroxylation sites is 2. The van der Waals surface area contributed by atoms with E-state index in [1.165, 1.54) is 0 Å². The number of benzene rings is 2. The summed E-state index contributed by atoms with van der Waals surface area (Å²) in [7, 11) is 1.58. The Hall–Kier alpha value is -3.32.